The Bertz CT molecular complexity index is 567. The van der Waals surface area contributed by atoms with Crippen LogP contribution in [0.3, 0.4) is 0 Å². The molecule has 5 nitrogen and oxygen atoms in total. The first-order valence-corrected chi connectivity index (χ1v) is 6.02. The van der Waals surface area contributed by atoms with Gasteiger partial charge in [0.05, 0.1) is 6.61 Å². The maximum atomic E-state index is 12.0. The van der Waals surface area contributed by atoms with E-state index in [4.69, 9.17) is 4.74 Å². The van der Waals surface area contributed by atoms with Crippen LogP contribution in [0.2, 0.25) is 0 Å². The summed E-state index contributed by atoms with van der Waals surface area (Å²) in [6.07, 6.45) is 1.31. The van der Waals surface area contributed by atoms with Gasteiger partial charge < -0.3 is 10.1 Å². The summed E-state index contributed by atoms with van der Waals surface area (Å²) in [5.41, 5.74) is 2.14. The molecule has 0 atom stereocenters. The number of hydrogen-bond acceptors (Lipinski definition) is 4. The van der Waals surface area contributed by atoms with Gasteiger partial charge >= 0.3 is 0 Å². The van der Waals surface area contributed by atoms with E-state index in [0.29, 0.717) is 12.5 Å². The zero-order chi connectivity index (χ0) is 13.7. The first-order valence-electron chi connectivity index (χ1n) is 6.02. The van der Waals surface area contributed by atoms with E-state index in [1.165, 1.54) is 12.4 Å². The molecule has 0 bridgehead atoms. The molecule has 0 saturated heterocycles. The lowest BCUT2D eigenvalue weighted by molar-refractivity contribution is 0.102. The predicted molar refractivity (Wildman–Crippen MR) is 72.3 cm³/mol. The Kier molecular flexibility index (Phi) is 4.07. The Morgan fingerprint density at radius 3 is 2.68 bits per heavy atom. The van der Waals surface area contributed by atoms with Gasteiger partial charge in [-0.1, -0.05) is 17.7 Å². The Balaban J connectivity index is 2.11. The number of aryl methyl sites for hydroxylation is 1. The maximum Gasteiger partial charge on any atom is 0.274 e. The number of carbonyl (C=O) groups excluding carboxylic acids is 1. The molecule has 5 heteroatoms. The number of hydrogen-bond donors (Lipinski definition) is 1. The van der Waals surface area contributed by atoms with Gasteiger partial charge in [-0.05, 0) is 26.0 Å². The lowest BCUT2D eigenvalue weighted by Crippen LogP contribution is -2.14. The van der Waals surface area contributed by atoms with Crippen molar-refractivity contribution in [2.24, 2.45) is 0 Å². The SMILES string of the molecule is CCOc1cc(C(=O)Nc2ccc(C)cc2)ncn1. The van der Waals surface area contributed by atoms with Crippen molar-refractivity contribution in [3.8, 4) is 5.88 Å². The summed E-state index contributed by atoms with van der Waals surface area (Å²) in [6.45, 7) is 4.34. The number of benzene rings is 1. The minimum absolute atomic E-state index is 0.277. The van der Waals surface area contributed by atoms with Crippen molar-refractivity contribution in [3.05, 3.63) is 47.9 Å². The molecule has 0 unspecified atom stereocenters. The van der Waals surface area contributed by atoms with Crippen LogP contribution < -0.4 is 10.1 Å². The van der Waals surface area contributed by atoms with Crippen LogP contribution in [0.4, 0.5) is 5.69 Å². The first-order chi connectivity index (χ1) is 9.19. The highest BCUT2D eigenvalue weighted by molar-refractivity contribution is 6.02. The average Bonchev–Trinajstić information content (AvgIpc) is 2.42. The molecule has 2 rings (SSSR count). The van der Waals surface area contributed by atoms with Gasteiger partial charge in [0.25, 0.3) is 5.91 Å². The number of rotatable bonds is 4. The molecular formula is C14H15N3O2. The Morgan fingerprint density at radius 2 is 2.00 bits per heavy atom. The molecule has 0 radical (unpaired) electrons. The Morgan fingerprint density at radius 1 is 1.26 bits per heavy atom. The van der Waals surface area contributed by atoms with E-state index < -0.39 is 0 Å². The van der Waals surface area contributed by atoms with Gasteiger partial charge in [0, 0.05) is 11.8 Å². The van der Waals surface area contributed by atoms with Crippen LogP contribution in [0.1, 0.15) is 23.0 Å². The monoisotopic (exact) mass is 257 g/mol. The van der Waals surface area contributed by atoms with Gasteiger partial charge in [0.15, 0.2) is 0 Å². The van der Waals surface area contributed by atoms with Gasteiger partial charge in [0.1, 0.15) is 12.0 Å². The van der Waals surface area contributed by atoms with E-state index in [9.17, 15) is 4.79 Å². The van der Waals surface area contributed by atoms with Crippen molar-refractivity contribution < 1.29 is 9.53 Å². The summed E-state index contributed by atoms with van der Waals surface area (Å²) in [5.74, 6) is 0.110. The average molecular weight is 257 g/mol. The number of nitrogens with one attached hydrogen (secondary N) is 1. The maximum absolute atomic E-state index is 12.0. The third kappa shape index (κ3) is 3.51. The fourth-order valence-corrected chi connectivity index (χ4v) is 1.52. The molecule has 1 amide bonds. The summed E-state index contributed by atoms with van der Waals surface area (Å²) in [6, 6.07) is 9.07. The van der Waals surface area contributed by atoms with E-state index in [0.717, 1.165) is 11.3 Å². The van der Waals surface area contributed by atoms with Gasteiger partial charge in [-0.15, -0.1) is 0 Å². The standard InChI is InChI=1S/C14H15N3O2/c1-3-19-13-8-12(15-9-16-13)14(18)17-11-6-4-10(2)5-7-11/h4-9H,3H2,1-2H3,(H,17,18). The molecule has 1 aromatic heterocycles. The number of aromatic nitrogens is 2. The van der Waals surface area contributed by atoms with Gasteiger partial charge in [-0.2, -0.15) is 0 Å². The number of amides is 1. The smallest absolute Gasteiger partial charge is 0.274 e. The van der Waals surface area contributed by atoms with E-state index in [1.807, 2.05) is 38.1 Å². The van der Waals surface area contributed by atoms with Crippen molar-refractivity contribution in [1.82, 2.24) is 9.97 Å². The van der Waals surface area contributed by atoms with Crippen molar-refractivity contribution >= 4 is 11.6 Å². The summed E-state index contributed by atoms with van der Waals surface area (Å²) in [7, 11) is 0. The lowest BCUT2D eigenvalue weighted by atomic mass is 10.2. The molecule has 1 N–H and O–H groups in total. The first kappa shape index (κ1) is 13.0. The number of carbonyl (C=O) groups is 1. The molecule has 98 valence electrons. The van der Waals surface area contributed by atoms with E-state index in [-0.39, 0.29) is 11.6 Å². The van der Waals surface area contributed by atoms with E-state index in [2.05, 4.69) is 15.3 Å². The van der Waals surface area contributed by atoms with Gasteiger partial charge in [0.2, 0.25) is 5.88 Å². The van der Waals surface area contributed by atoms with E-state index in [1.54, 1.807) is 0 Å². The highest BCUT2D eigenvalue weighted by atomic mass is 16.5. The molecule has 1 aromatic carbocycles. The van der Waals surface area contributed by atoms with E-state index >= 15 is 0 Å². The number of nitrogens with zero attached hydrogens (tertiary/aromatic N) is 2. The third-order valence-corrected chi connectivity index (χ3v) is 2.48. The Labute approximate surface area is 111 Å². The highest BCUT2D eigenvalue weighted by Crippen LogP contribution is 2.12. The van der Waals surface area contributed by atoms with Crippen LogP contribution in [0.5, 0.6) is 5.88 Å². The highest BCUT2D eigenvalue weighted by Gasteiger charge is 2.09. The second-order valence-corrected chi connectivity index (χ2v) is 3.99. The predicted octanol–water partition coefficient (Wildman–Crippen LogP) is 2.44. The molecule has 0 aliphatic heterocycles. The second kappa shape index (κ2) is 5.95. The van der Waals surface area contributed by atoms with Crippen LogP contribution >= 0.6 is 0 Å². The molecule has 0 aliphatic rings. The third-order valence-electron chi connectivity index (χ3n) is 2.48. The zero-order valence-corrected chi connectivity index (χ0v) is 10.9. The van der Waals surface area contributed by atoms with Crippen LogP contribution in [-0.2, 0) is 0 Å². The molecule has 2 aromatic rings. The minimum atomic E-state index is -0.285. The summed E-state index contributed by atoms with van der Waals surface area (Å²) < 4.78 is 5.23. The lowest BCUT2D eigenvalue weighted by Gasteiger charge is -2.06. The molecule has 19 heavy (non-hydrogen) atoms. The summed E-state index contributed by atoms with van der Waals surface area (Å²) >= 11 is 0. The minimum Gasteiger partial charge on any atom is -0.478 e. The van der Waals surface area contributed by atoms with Gasteiger partial charge in [-0.3, -0.25) is 4.79 Å². The number of anilines is 1. The summed E-state index contributed by atoms with van der Waals surface area (Å²) in [4.78, 5) is 19.8. The molecular weight excluding hydrogens is 242 g/mol. The second-order valence-electron chi connectivity index (χ2n) is 3.99. The summed E-state index contributed by atoms with van der Waals surface area (Å²) in [5, 5.41) is 2.77. The fraction of sp³-hybridized carbons (Fsp3) is 0.214. The molecule has 0 spiro atoms. The van der Waals surface area contributed by atoms with Crippen LogP contribution in [-0.4, -0.2) is 22.5 Å². The van der Waals surface area contributed by atoms with Crippen LogP contribution in [0.15, 0.2) is 36.7 Å². The Hall–Kier alpha value is -2.43. The van der Waals surface area contributed by atoms with Crippen molar-refractivity contribution in [2.45, 2.75) is 13.8 Å². The zero-order valence-electron chi connectivity index (χ0n) is 10.9. The quantitative estimate of drug-likeness (QED) is 0.913. The molecule has 0 fully saturated rings. The van der Waals surface area contributed by atoms with Crippen LogP contribution in [0, 0.1) is 6.92 Å². The molecule has 0 aliphatic carbocycles. The normalized spacial score (nSPS) is 10.0. The number of ether oxygens (including phenoxy) is 1. The fourth-order valence-electron chi connectivity index (χ4n) is 1.52. The van der Waals surface area contributed by atoms with Crippen molar-refractivity contribution in [1.29, 1.82) is 0 Å². The van der Waals surface area contributed by atoms with Gasteiger partial charge in [-0.25, -0.2) is 9.97 Å². The molecule has 1 heterocycles. The van der Waals surface area contributed by atoms with Crippen molar-refractivity contribution in [2.75, 3.05) is 11.9 Å². The topological polar surface area (TPSA) is 64.1 Å². The van der Waals surface area contributed by atoms with Crippen LogP contribution in [0.25, 0.3) is 0 Å². The molecule has 0 saturated carbocycles. The van der Waals surface area contributed by atoms with Crippen molar-refractivity contribution in [3.63, 3.8) is 0 Å². The largest absolute Gasteiger partial charge is 0.478 e.